The Hall–Kier alpha value is -4.08. The predicted octanol–water partition coefficient (Wildman–Crippen LogP) is 5.38. The van der Waals surface area contributed by atoms with Gasteiger partial charge in [-0.1, -0.05) is 60.1 Å². The molecule has 4 rings (SSSR count). The lowest BCUT2D eigenvalue weighted by atomic mass is 10.0. The third kappa shape index (κ3) is 6.78. The summed E-state index contributed by atoms with van der Waals surface area (Å²) >= 11 is 6.41. The molecule has 8 nitrogen and oxygen atoms in total. The molecular weight excluding hydrogens is 512 g/mol. The topological polar surface area (TPSA) is 118 Å². The van der Waals surface area contributed by atoms with Crippen LogP contribution in [0.2, 0.25) is 5.02 Å². The second kappa shape index (κ2) is 11.3. The molecule has 0 spiro atoms. The van der Waals surface area contributed by atoms with Crippen LogP contribution in [0.4, 0.5) is 11.6 Å². The van der Waals surface area contributed by atoms with Crippen LogP contribution in [0, 0.1) is 0 Å². The van der Waals surface area contributed by atoms with E-state index in [1.54, 1.807) is 0 Å². The van der Waals surface area contributed by atoms with Crippen LogP contribution in [-0.4, -0.2) is 30.1 Å². The van der Waals surface area contributed by atoms with E-state index in [0.717, 1.165) is 16.7 Å². The minimum absolute atomic E-state index is 0.0240. The Morgan fingerprint density at radius 2 is 1.54 bits per heavy atom. The van der Waals surface area contributed by atoms with Crippen molar-refractivity contribution in [2.75, 3.05) is 5.32 Å². The van der Waals surface area contributed by atoms with Gasteiger partial charge in [0.1, 0.15) is 5.78 Å². The Morgan fingerprint density at radius 3 is 2.24 bits per heavy atom. The van der Waals surface area contributed by atoms with Gasteiger partial charge in [-0.3, -0.25) is 4.79 Å². The second-order valence-electron chi connectivity index (χ2n) is 8.22. The Bertz CT molecular complexity index is 1540. The quantitative estimate of drug-likeness (QED) is 0.296. The average molecular weight is 535 g/mol. The molecule has 37 heavy (non-hydrogen) atoms. The smallest absolute Gasteiger partial charge is 0.264 e. The van der Waals surface area contributed by atoms with Crippen LogP contribution in [0.1, 0.15) is 19.8 Å². The van der Waals surface area contributed by atoms with Gasteiger partial charge in [0.15, 0.2) is 0 Å². The summed E-state index contributed by atoms with van der Waals surface area (Å²) in [6, 6.07) is 23.6. The van der Waals surface area contributed by atoms with Gasteiger partial charge in [0, 0.05) is 24.1 Å². The Kier molecular flexibility index (Phi) is 7.95. The summed E-state index contributed by atoms with van der Waals surface area (Å²) in [6.45, 7) is 1.34. The minimum atomic E-state index is -4.06. The maximum Gasteiger partial charge on any atom is 0.264 e. The lowest BCUT2D eigenvalue weighted by Gasteiger charge is -2.11. The zero-order valence-corrected chi connectivity index (χ0v) is 21.4. The van der Waals surface area contributed by atoms with Gasteiger partial charge in [0.25, 0.3) is 10.0 Å². The van der Waals surface area contributed by atoms with Gasteiger partial charge in [-0.15, -0.1) is 0 Å². The van der Waals surface area contributed by atoms with E-state index in [0.29, 0.717) is 16.4 Å². The number of nitrogens with zero attached hydrogens (tertiary/aromatic N) is 2. The summed E-state index contributed by atoms with van der Waals surface area (Å²) in [5.41, 5.74) is 3.99. The molecule has 3 aromatic carbocycles. The van der Waals surface area contributed by atoms with E-state index < -0.39 is 15.9 Å². The third-order valence-electron chi connectivity index (χ3n) is 5.36. The maximum absolute atomic E-state index is 12.4. The predicted molar refractivity (Wildman–Crippen MR) is 143 cm³/mol. The van der Waals surface area contributed by atoms with Crippen molar-refractivity contribution < 1.29 is 18.0 Å². The number of Topliss-reactive ketones (excluding diaryl/α,β-unsaturated/α-hetero) is 1. The van der Waals surface area contributed by atoms with Gasteiger partial charge in [-0.25, -0.2) is 23.1 Å². The number of aromatic nitrogens is 2. The molecule has 188 valence electrons. The van der Waals surface area contributed by atoms with E-state index >= 15 is 0 Å². The lowest BCUT2D eigenvalue weighted by molar-refractivity contribution is -0.123. The van der Waals surface area contributed by atoms with Gasteiger partial charge in [0.2, 0.25) is 11.9 Å². The second-order valence-corrected chi connectivity index (χ2v) is 10.3. The summed E-state index contributed by atoms with van der Waals surface area (Å²) < 4.78 is 26.9. The maximum atomic E-state index is 12.4. The zero-order chi connectivity index (χ0) is 26.4. The van der Waals surface area contributed by atoms with Crippen molar-refractivity contribution in [2.24, 2.45) is 0 Å². The standard InChI is InChI=1S/C27H23ClN4O4S/c1-18(33)10-15-25(34)32-37(35,36)23-13-11-22(12-14-23)30-27-29-17-24(28)26(31-27)21-9-5-8-20(16-21)19-6-3-2-4-7-19/h2-9,11-14,16-17H,10,15H2,1H3,(H,32,34)(H,29,30,31). The number of halogens is 1. The number of anilines is 2. The molecule has 10 heteroatoms. The number of carbonyl (C=O) groups excluding carboxylic acids is 2. The Morgan fingerprint density at radius 1 is 0.865 bits per heavy atom. The lowest BCUT2D eigenvalue weighted by Crippen LogP contribution is -2.30. The van der Waals surface area contributed by atoms with Crippen molar-refractivity contribution in [1.29, 1.82) is 0 Å². The molecule has 0 saturated carbocycles. The first-order valence-corrected chi connectivity index (χ1v) is 13.2. The van der Waals surface area contributed by atoms with Crippen LogP contribution in [0.3, 0.4) is 0 Å². The minimum Gasteiger partial charge on any atom is -0.324 e. The molecule has 0 unspecified atom stereocenters. The first-order chi connectivity index (χ1) is 17.7. The van der Waals surface area contributed by atoms with Gasteiger partial charge >= 0.3 is 0 Å². The number of rotatable bonds is 9. The van der Waals surface area contributed by atoms with Gasteiger partial charge in [0.05, 0.1) is 21.8 Å². The van der Waals surface area contributed by atoms with Crippen LogP contribution in [0.15, 0.2) is 90.0 Å². The highest BCUT2D eigenvalue weighted by atomic mass is 35.5. The van der Waals surface area contributed by atoms with Crippen molar-refractivity contribution in [1.82, 2.24) is 14.7 Å². The number of hydrogen-bond donors (Lipinski definition) is 2. The summed E-state index contributed by atoms with van der Waals surface area (Å²) in [5, 5.41) is 3.43. The van der Waals surface area contributed by atoms with E-state index in [1.807, 2.05) is 59.3 Å². The highest BCUT2D eigenvalue weighted by molar-refractivity contribution is 7.90. The van der Waals surface area contributed by atoms with Gasteiger partial charge in [-0.2, -0.15) is 0 Å². The summed E-state index contributed by atoms with van der Waals surface area (Å²) in [7, 11) is -4.06. The molecule has 1 aromatic heterocycles. The third-order valence-corrected chi connectivity index (χ3v) is 7.03. The molecule has 0 aliphatic rings. The molecule has 1 amide bonds. The zero-order valence-electron chi connectivity index (χ0n) is 19.8. The first kappa shape index (κ1) is 26.0. The van der Waals surface area contributed by atoms with Crippen molar-refractivity contribution >= 4 is 45.0 Å². The molecule has 2 N–H and O–H groups in total. The molecule has 0 bridgehead atoms. The molecule has 0 saturated heterocycles. The highest BCUT2D eigenvalue weighted by Crippen LogP contribution is 2.30. The molecular formula is C27H23ClN4O4S. The number of benzene rings is 3. The van der Waals surface area contributed by atoms with Crippen molar-refractivity contribution in [3.05, 3.63) is 90.1 Å². The molecule has 4 aromatic rings. The average Bonchev–Trinajstić information content (AvgIpc) is 2.89. The fourth-order valence-electron chi connectivity index (χ4n) is 3.50. The van der Waals surface area contributed by atoms with Crippen molar-refractivity contribution in [3.8, 4) is 22.4 Å². The van der Waals surface area contributed by atoms with Crippen molar-refractivity contribution in [3.63, 3.8) is 0 Å². The van der Waals surface area contributed by atoms with Crippen LogP contribution < -0.4 is 10.0 Å². The van der Waals surface area contributed by atoms with E-state index in [4.69, 9.17) is 11.6 Å². The number of sulfonamides is 1. The summed E-state index contributed by atoms with van der Waals surface area (Å²) in [5.74, 6) is -0.659. The first-order valence-electron chi connectivity index (χ1n) is 11.3. The van der Waals surface area contributed by atoms with E-state index in [-0.39, 0.29) is 29.5 Å². The largest absolute Gasteiger partial charge is 0.324 e. The molecule has 0 fully saturated rings. The fraction of sp³-hybridized carbons (Fsp3) is 0.111. The van der Waals surface area contributed by atoms with E-state index in [9.17, 15) is 18.0 Å². The highest BCUT2D eigenvalue weighted by Gasteiger charge is 2.18. The fourth-order valence-corrected chi connectivity index (χ4v) is 4.72. The number of carbonyl (C=O) groups is 2. The van der Waals surface area contributed by atoms with Crippen LogP contribution in [0.25, 0.3) is 22.4 Å². The SMILES string of the molecule is CC(=O)CCC(=O)NS(=O)(=O)c1ccc(Nc2ncc(Cl)c(-c3cccc(-c4ccccc4)c3)n2)cc1. The molecule has 1 heterocycles. The Balaban J connectivity index is 1.51. The van der Waals surface area contributed by atoms with Crippen LogP contribution in [0.5, 0.6) is 0 Å². The van der Waals surface area contributed by atoms with Crippen LogP contribution in [-0.2, 0) is 19.6 Å². The van der Waals surface area contributed by atoms with Gasteiger partial charge in [-0.05, 0) is 48.4 Å². The summed E-state index contributed by atoms with van der Waals surface area (Å²) in [4.78, 5) is 31.5. The monoisotopic (exact) mass is 534 g/mol. The number of amides is 1. The number of nitrogens with one attached hydrogen (secondary N) is 2. The normalized spacial score (nSPS) is 11.1. The van der Waals surface area contributed by atoms with E-state index in [1.165, 1.54) is 37.4 Å². The molecule has 0 radical (unpaired) electrons. The molecule has 0 atom stereocenters. The number of hydrogen-bond acceptors (Lipinski definition) is 7. The Labute approximate surface area is 219 Å². The van der Waals surface area contributed by atoms with Gasteiger partial charge < -0.3 is 10.1 Å². The van der Waals surface area contributed by atoms with E-state index in [2.05, 4.69) is 15.3 Å². The van der Waals surface area contributed by atoms with Crippen molar-refractivity contribution in [2.45, 2.75) is 24.7 Å². The van der Waals surface area contributed by atoms with Crippen LogP contribution >= 0.6 is 11.6 Å². The number of ketones is 1. The molecule has 0 aliphatic heterocycles. The molecule has 0 aliphatic carbocycles. The summed E-state index contributed by atoms with van der Waals surface area (Å²) in [6.07, 6.45) is 1.28.